The summed E-state index contributed by atoms with van der Waals surface area (Å²) >= 11 is 0. The number of para-hydroxylation sites is 1. The van der Waals surface area contributed by atoms with E-state index in [1.165, 1.54) is 4.90 Å². The lowest BCUT2D eigenvalue weighted by Gasteiger charge is -2.17. The molecule has 7 heteroatoms. The number of amides is 4. The molecule has 154 valence electrons. The van der Waals surface area contributed by atoms with Gasteiger partial charge in [0, 0.05) is 44.1 Å². The Morgan fingerprint density at radius 3 is 2.23 bits per heavy atom. The summed E-state index contributed by atoms with van der Waals surface area (Å²) in [6, 6.07) is 16.2. The Kier molecular flexibility index (Phi) is 5.61. The average molecular weight is 405 g/mol. The number of imide groups is 1. The lowest BCUT2D eigenvalue weighted by molar-refractivity contribution is -0.121. The zero-order valence-corrected chi connectivity index (χ0v) is 16.5. The van der Waals surface area contributed by atoms with Gasteiger partial charge in [-0.05, 0) is 30.7 Å². The highest BCUT2D eigenvalue weighted by Crippen LogP contribution is 2.25. The van der Waals surface area contributed by atoms with Crippen LogP contribution < -0.4 is 10.2 Å². The number of anilines is 1. The first-order valence-corrected chi connectivity index (χ1v) is 10.1. The molecule has 2 aliphatic heterocycles. The highest BCUT2D eigenvalue weighted by atomic mass is 16.2. The molecule has 2 aromatic carbocycles. The predicted octanol–water partition coefficient (Wildman–Crippen LogP) is 2.23. The third-order valence-electron chi connectivity index (χ3n) is 5.52. The summed E-state index contributed by atoms with van der Waals surface area (Å²) in [5.41, 5.74) is 1.71. The van der Waals surface area contributed by atoms with Crippen LogP contribution in [0.5, 0.6) is 0 Å². The average Bonchev–Trinajstić information content (AvgIpc) is 3.26. The van der Waals surface area contributed by atoms with Crippen molar-refractivity contribution in [2.45, 2.75) is 19.3 Å². The van der Waals surface area contributed by atoms with Crippen LogP contribution in [-0.4, -0.2) is 48.2 Å². The number of fused-ring (bicyclic) bond motifs is 1. The van der Waals surface area contributed by atoms with E-state index in [1.54, 1.807) is 29.2 Å². The van der Waals surface area contributed by atoms with Crippen molar-refractivity contribution in [1.82, 2.24) is 10.2 Å². The Morgan fingerprint density at radius 1 is 0.933 bits per heavy atom. The molecule has 2 heterocycles. The molecule has 1 atom stereocenters. The topological polar surface area (TPSA) is 86.8 Å². The number of hydrogen-bond acceptors (Lipinski definition) is 4. The lowest BCUT2D eigenvalue weighted by atomic mass is 10.1. The molecule has 0 bridgehead atoms. The first-order valence-electron chi connectivity index (χ1n) is 10.1. The molecular formula is C23H23N3O4. The number of carbonyl (C=O) groups is 4. The van der Waals surface area contributed by atoms with Crippen LogP contribution in [0.15, 0.2) is 54.6 Å². The van der Waals surface area contributed by atoms with E-state index in [2.05, 4.69) is 5.32 Å². The van der Waals surface area contributed by atoms with E-state index in [0.717, 1.165) is 5.69 Å². The van der Waals surface area contributed by atoms with E-state index in [1.807, 2.05) is 30.3 Å². The summed E-state index contributed by atoms with van der Waals surface area (Å²) in [5, 5.41) is 2.88. The van der Waals surface area contributed by atoms with Crippen molar-refractivity contribution in [1.29, 1.82) is 0 Å². The van der Waals surface area contributed by atoms with Crippen molar-refractivity contribution in [3.8, 4) is 0 Å². The second-order valence-electron chi connectivity index (χ2n) is 7.63. The van der Waals surface area contributed by atoms with Crippen molar-refractivity contribution in [3.05, 3.63) is 65.7 Å². The zero-order valence-electron chi connectivity index (χ0n) is 16.5. The van der Waals surface area contributed by atoms with E-state index in [0.29, 0.717) is 37.1 Å². The number of nitrogens with one attached hydrogen (secondary N) is 1. The number of carbonyl (C=O) groups excluding carboxylic acids is 4. The molecule has 0 spiro atoms. The van der Waals surface area contributed by atoms with Crippen LogP contribution in [0.1, 0.15) is 40.0 Å². The maximum atomic E-state index is 12.3. The molecule has 0 radical (unpaired) electrons. The molecule has 1 fully saturated rings. The molecule has 30 heavy (non-hydrogen) atoms. The van der Waals surface area contributed by atoms with Gasteiger partial charge >= 0.3 is 0 Å². The third kappa shape index (κ3) is 3.96. The maximum Gasteiger partial charge on any atom is 0.261 e. The summed E-state index contributed by atoms with van der Waals surface area (Å²) in [6.07, 6.45) is 1.03. The number of rotatable bonds is 7. The van der Waals surface area contributed by atoms with Gasteiger partial charge in [0.2, 0.25) is 11.8 Å². The molecule has 2 aliphatic rings. The fourth-order valence-electron chi connectivity index (χ4n) is 3.96. The third-order valence-corrected chi connectivity index (χ3v) is 5.52. The number of nitrogens with zero attached hydrogens (tertiary/aromatic N) is 2. The van der Waals surface area contributed by atoms with Gasteiger partial charge in [-0.15, -0.1) is 0 Å². The van der Waals surface area contributed by atoms with Crippen LogP contribution in [0.3, 0.4) is 0 Å². The molecule has 4 amide bonds. The van der Waals surface area contributed by atoms with E-state index in [-0.39, 0.29) is 42.5 Å². The fraction of sp³-hybridized carbons (Fsp3) is 0.304. The Hall–Kier alpha value is -3.48. The lowest BCUT2D eigenvalue weighted by Crippen LogP contribution is -2.33. The quantitative estimate of drug-likeness (QED) is 0.716. The maximum absolute atomic E-state index is 12.3. The van der Waals surface area contributed by atoms with Gasteiger partial charge in [0.15, 0.2) is 0 Å². The van der Waals surface area contributed by atoms with Crippen molar-refractivity contribution < 1.29 is 19.2 Å². The molecule has 0 aromatic heterocycles. The van der Waals surface area contributed by atoms with Crippen LogP contribution in [0, 0.1) is 5.92 Å². The number of benzene rings is 2. The molecule has 1 saturated heterocycles. The molecule has 0 saturated carbocycles. The minimum atomic E-state index is -0.304. The molecule has 4 rings (SSSR count). The first-order chi connectivity index (χ1) is 14.5. The fourth-order valence-corrected chi connectivity index (χ4v) is 3.96. The van der Waals surface area contributed by atoms with Crippen LogP contribution in [0.25, 0.3) is 0 Å². The summed E-state index contributed by atoms with van der Waals surface area (Å²) in [4.78, 5) is 52.0. The standard InChI is InChI=1S/C23H23N3O4/c27-20(11-6-12-25-22(29)18-9-4-5-10-19(18)23(25)30)24-14-16-13-21(28)26(15-16)17-7-2-1-3-8-17/h1-5,7-10,16H,6,11-15H2,(H,24,27). The minimum Gasteiger partial charge on any atom is -0.356 e. The Labute approximate surface area is 174 Å². The second-order valence-corrected chi connectivity index (χ2v) is 7.63. The largest absolute Gasteiger partial charge is 0.356 e. The Balaban J connectivity index is 1.21. The van der Waals surface area contributed by atoms with Crippen molar-refractivity contribution in [2.75, 3.05) is 24.5 Å². The van der Waals surface area contributed by atoms with E-state index in [4.69, 9.17) is 0 Å². The van der Waals surface area contributed by atoms with E-state index < -0.39 is 0 Å². The van der Waals surface area contributed by atoms with Crippen molar-refractivity contribution >= 4 is 29.3 Å². The first kappa shape index (κ1) is 19.8. The van der Waals surface area contributed by atoms with Crippen LogP contribution >= 0.6 is 0 Å². The summed E-state index contributed by atoms with van der Waals surface area (Å²) in [7, 11) is 0. The van der Waals surface area contributed by atoms with Gasteiger partial charge < -0.3 is 10.2 Å². The molecular weight excluding hydrogens is 382 g/mol. The molecule has 7 nitrogen and oxygen atoms in total. The highest BCUT2D eigenvalue weighted by molar-refractivity contribution is 6.21. The minimum absolute atomic E-state index is 0.0612. The van der Waals surface area contributed by atoms with E-state index in [9.17, 15) is 19.2 Å². The van der Waals surface area contributed by atoms with Crippen LogP contribution in [-0.2, 0) is 9.59 Å². The SMILES string of the molecule is O=C(CCCN1C(=O)c2ccccc2C1=O)NCC1CC(=O)N(c2ccccc2)C1. The van der Waals surface area contributed by atoms with Gasteiger partial charge in [-0.25, -0.2) is 0 Å². The van der Waals surface area contributed by atoms with Crippen molar-refractivity contribution in [3.63, 3.8) is 0 Å². The monoisotopic (exact) mass is 405 g/mol. The molecule has 2 aromatic rings. The highest BCUT2D eigenvalue weighted by Gasteiger charge is 2.34. The summed E-state index contributed by atoms with van der Waals surface area (Å²) in [5.74, 6) is -0.621. The summed E-state index contributed by atoms with van der Waals surface area (Å²) in [6.45, 7) is 1.22. The number of hydrogen-bond donors (Lipinski definition) is 1. The van der Waals surface area contributed by atoms with Gasteiger partial charge in [0.1, 0.15) is 0 Å². The normalized spacial score (nSPS) is 18.1. The predicted molar refractivity (Wildman–Crippen MR) is 111 cm³/mol. The Bertz CT molecular complexity index is 954. The van der Waals surface area contributed by atoms with Crippen molar-refractivity contribution in [2.24, 2.45) is 5.92 Å². The Morgan fingerprint density at radius 2 is 1.57 bits per heavy atom. The molecule has 1 unspecified atom stereocenters. The summed E-state index contributed by atoms with van der Waals surface area (Å²) < 4.78 is 0. The zero-order chi connectivity index (χ0) is 21.1. The molecule has 1 N–H and O–H groups in total. The van der Waals surface area contributed by atoms with E-state index >= 15 is 0 Å². The second kappa shape index (κ2) is 8.49. The molecule has 0 aliphatic carbocycles. The van der Waals surface area contributed by atoms with Gasteiger partial charge in [-0.3, -0.25) is 24.1 Å². The van der Waals surface area contributed by atoms with Gasteiger partial charge in [0.25, 0.3) is 11.8 Å². The van der Waals surface area contributed by atoms with Gasteiger partial charge in [0.05, 0.1) is 11.1 Å². The van der Waals surface area contributed by atoms with Gasteiger partial charge in [-0.2, -0.15) is 0 Å². The smallest absolute Gasteiger partial charge is 0.261 e. The van der Waals surface area contributed by atoms with Crippen LogP contribution in [0.4, 0.5) is 5.69 Å². The van der Waals surface area contributed by atoms with Crippen LogP contribution in [0.2, 0.25) is 0 Å². The van der Waals surface area contributed by atoms with Gasteiger partial charge in [-0.1, -0.05) is 30.3 Å².